The summed E-state index contributed by atoms with van der Waals surface area (Å²) in [7, 11) is 4.22. The Bertz CT molecular complexity index is 410. The van der Waals surface area contributed by atoms with Crippen LogP contribution in [0.3, 0.4) is 0 Å². The van der Waals surface area contributed by atoms with E-state index in [9.17, 15) is 0 Å². The van der Waals surface area contributed by atoms with Gasteiger partial charge >= 0.3 is 0 Å². The molecule has 0 bridgehead atoms. The number of piperidine rings is 1. The molecule has 0 amide bonds. The van der Waals surface area contributed by atoms with Gasteiger partial charge in [-0.05, 0) is 32.9 Å². The van der Waals surface area contributed by atoms with Gasteiger partial charge in [0, 0.05) is 37.6 Å². The molecule has 0 aromatic carbocycles. The molecule has 0 aliphatic carbocycles. The van der Waals surface area contributed by atoms with Crippen LogP contribution in [0, 0.1) is 0 Å². The van der Waals surface area contributed by atoms with Crippen LogP contribution in [0.5, 0.6) is 0 Å². The maximum Gasteiger partial charge on any atom is 0.185 e. The predicted octanol–water partition coefficient (Wildman–Crippen LogP) is 2.35. The molecule has 1 aliphatic heterocycles. The molecule has 1 saturated heterocycles. The van der Waals surface area contributed by atoms with Crippen LogP contribution in [0.4, 0.5) is 5.13 Å². The minimum atomic E-state index is 0.649. The van der Waals surface area contributed by atoms with Crippen molar-refractivity contribution in [1.29, 1.82) is 0 Å². The second kappa shape index (κ2) is 7.38. The predicted molar refractivity (Wildman–Crippen MR) is 87.8 cm³/mol. The van der Waals surface area contributed by atoms with E-state index >= 15 is 0 Å². The Labute approximate surface area is 127 Å². The molecule has 2 heterocycles. The highest BCUT2D eigenvalue weighted by Crippen LogP contribution is 2.29. The zero-order chi connectivity index (χ0) is 14.5. The summed E-state index contributed by atoms with van der Waals surface area (Å²) >= 11 is 1.86. The number of hydrogen-bond donors (Lipinski definition) is 1. The fourth-order valence-corrected chi connectivity index (χ4v) is 4.07. The van der Waals surface area contributed by atoms with Gasteiger partial charge < -0.3 is 15.1 Å². The van der Waals surface area contributed by atoms with E-state index in [1.807, 2.05) is 18.4 Å². The van der Waals surface area contributed by atoms with Crippen molar-refractivity contribution in [2.75, 3.05) is 38.6 Å². The lowest BCUT2D eigenvalue weighted by Gasteiger charge is -2.36. The number of rotatable bonds is 6. The highest BCUT2D eigenvalue weighted by Gasteiger charge is 2.24. The van der Waals surface area contributed by atoms with Crippen molar-refractivity contribution >= 4 is 16.5 Å². The van der Waals surface area contributed by atoms with Gasteiger partial charge in [-0.1, -0.05) is 13.8 Å². The number of aromatic nitrogens is 1. The second-order valence-corrected chi connectivity index (χ2v) is 6.59. The van der Waals surface area contributed by atoms with Crippen LogP contribution in [0.1, 0.15) is 37.3 Å². The summed E-state index contributed by atoms with van der Waals surface area (Å²) in [5.74, 6) is 0. The van der Waals surface area contributed by atoms with E-state index in [1.54, 1.807) is 0 Å². The summed E-state index contributed by atoms with van der Waals surface area (Å²) in [6.45, 7) is 9.00. The van der Waals surface area contributed by atoms with Crippen LogP contribution < -0.4 is 10.2 Å². The monoisotopic (exact) mass is 296 g/mol. The standard InChI is InChI=1S/C15H28N4S/c1-5-13-14(11-16-3)20-15(17-13)18(4)12-7-9-19(6-2)10-8-12/h12,16H,5-11H2,1-4H3. The smallest absolute Gasteiger partial charge is 0.185 e. The molecule has 0 radical (unpaired) electrons. The molecule has 1 fully saturated rings. The molecule has 20 heavy (non-hydrogen) atoms. The van der Waals surface area contributed by atoms with Crippen molar-refractivity contribution in [3.63, 3.8) is 0 Å². The minimum Gasteiger partial charge on any atom is -0.348 e. The topological polar surface area (TPSA) is 31.4 Å². The molecular formula is C15H28N4S. The molecule has 114 valence electrons. The van der Waals surface area contributed by atoms with Crippen molar-refractivity contribution in [2.45, 2.75) is 45.7 Å². The first kappa shape index (κ1) is 15.7. The van der Waals surface area contributed by atoms with Crippen molar-refractivity contribution in [3.05, 3.63) is 10.6 Å². The highest BCUT2D eigenvalue weighted by atomic mass is 32.1. The minimum absolute atomic E-state index is 0.649. The Balaban J connectivity index is 2.03. The summed E-state index contributed by atoms with van der Waals surface area (Å²) in [6, 6.07) is 0.649. The van der Waals surface area contributed by atoms with E-state index in [-0.39, 0.29) is 0 Å². The summed E-state index contributed by atoms with van der Waals surface area (Å²) in [4.78, 5) is 11.2. The molecule has 1 aromatic heterocycles. The van der Waals surface area contributed by atoms with Gasteiger partial charge in [0.25, 0.3) is 0 Å². The van der Waals surface area contributed by atoms with Crippen molar-refractivity contribution in [1.82, 2.24) is 15.2 Å². The second-order valence-electron chi connectivity index (χ2n) is 5.53. The number of nitrogens with one attached hydrogen (secondary N) is 1. The van der Waals surface area contributed by atoms with Crippen LogP contribution in [0.15, 0.2) is 0 Å². The van der Waals surface area contributed by atoms with Crippen molar-refractivity contribution in [2.24, 2.45) is 0 Å². The summed E-state index contributed by atoms with van der Waals surface area (Å²) in [5, 5.41) is 4.45. The van der Waals surface area contributed by atoms with Gasteiger partial charge in [-0.25, -0.2) is 4.98 Å². The molecule has 1 N–H and O–H groups in total. The molecule has 4 nitrogen and oxygen atoms in total. The van der Waals surface area contributed by atoms with E-state index in [0.29, 0.717) is 6.04 Å². The Kier molecular flexibility index (Phi) is 5.81. The van der Waals surface area contributed by atoms with E-state index in [1.165, 1.54) is 48.2 Å². The first-order valence-corrected chi connectivity index (χ1v) is 8.59. The normalized spacial score (nSPS) is 17.6. The number of thiazole rings is 1. The third-order valence-corrected chi connectivity index (χ3v) is 5.48. The van der Waals surface area contributed by atoms with E-state index in [0.717, 1.165) is 13.0 Å². The third kappa shape index (κ3) is 3.51. The molecule has 0 saturated carbocycles. The number of hydrogen-bond acceptors (Lipinski definition) is 5. The Morgan fingerprint density at radius 3 is 2.60 bits per heavy atom. The van der Waals surface area contributed by atoms with Gasteiger partial charge in [-0.2, -0.15) is 0 Å². The summed E-state index contributed by atoms with van der Waals surface area (Å²) in [6.07, 6.45) is 3.54. The van der Waals surface area contributed by atoms with Crippen LogP contribution in [-0.4, -0.2) is 49.7 Å². The molecule has 0 atom stereocenters. The zero-order valence-corrected chi connectivity index (χ0v) is 14.1. The lowest BCUT2D eigenvalue weighted by molar-refractivity contribution is 0.221. The quantitative estimate of drug-likeness (QED) is 0.873. The highest BCUT2D eigenvalue weighted by molar-refractivity contribution is 7.15. The van der Waals surface area contributed by atoms with Crippen LogP contribution in [0.25, 0.3) is 0 Å². The van der Waals surface area contributed by atoms with Crippen LogP contribution in [0.2, 0.25) is 0 Å². The van der Waals surface area contributed by atoms with Crippen LogP contribution in [-0.2, 0) is 13.0 Å². The van der Waals surface area contributed by atoms with Crippen LogP contribution >= 0.6 is 11.3 Å². The fourth-order valence-electron chi connectivity index (χ4n) is 2.87. The van der Waals surface area contributed by atoms with Gasteiger partial charge in [-0.15, -0.1) is 11.3 Å². The van der Waals surface area contributed by atoms with Crippen molar-refractivity contribution < 1.29 is 0 Å². The van der Waals surface area contributed by atoms with Gasteiger partial charge in [0.2, 0.25) is 0 Å². The first-order chi connectivity index (χ1) is 9.69. The molecule has 0 spiro atoms. The lowest BCUT2D eigenvalue weighted by Crippen LogP contribution is -2.43. The Morgan fingerprint density at radius 1 is 1.35 bits per heavy atom. The zero-order valence-electron chi connectivity index (χ0n) is 13.3. The SMILES string of the molecule is CCc1nc(N(C)C2CCN(CC)CC2)sc1CNC. The maximum atomic E-state index is 4.85. The van der Waals surface area contributed by atoms with Gasteiger partial charge in [0.05, 0.1) is 5.69 Å². The largest absolute Gasteiger partial charge is 0.348 e. The van der Waals surface area contributed by atoms with E-state index in [2.05, 4.69) is 36.0 Å². The van der Waals surface area contributed by atoms with E-state index < -0.39 is 0 Å². The average Bonchev–Trinajstić information content (AvgIpc) is 2.90. The molecule has 5 heteroatoms. The van der Waals surface area contributed by atoms with Crippen molar-refractivity contribution in [3.8, 4) is 0 Å². The summed E-state index contributed by atoms with van der Waals surface area (Å²) in [5.41, 5.74) is 1.26. The molecule has 2 rings (SSSR count). The fraction of sp³-hybridized carbons (Fsp3) is 0.800. The lowest BCUT2D eigenvalue weighted by atomic mass is 10.0. The third-order valence-electron chi connectivity index (χ3n) is 4.29. The van der Waals surface area contributed by atoms with E-state index in [4.69, 9.17) is 4.98 Å². The molecule has 0 unspecified atom stereocenters. The Morgan fingerprint density at radius 2 is 2.05 bits per heavy atom. The van der Waals surface area contributed by atoms with Gasteiger partial charge in [0.1, 0.15) is 0 Å². The van der Waals surface area contributed by atoms with Gasteiger partial charge in [0.15, 0.2) is 5.13 Å². The molecule has 1 aliphatic rings. The number of likely N-dealkylation sites (tertiary alicyclic amines) is 1. The number of anilines is 1. The first-order valence-electron chi connectivity index (χ1n) is 7.77. The summed E-state index contributed by atoms with van der Waals surface area (Å²) < 4.78 is 0. The van der Waals surface area contributed by atoms with Gasteiger partial charge in [-0.3, -0.25) is 0 Å². The molecular weight excluding hydrogens is 268 g/mol. The molecule has 1 aromatic rings. The number of nitrogens with zero attached hydrogens (tertiary/aromatic N) is 3. The Hall–Kier alpha value is -0.650. The average molecular weight is 296 g/mol. The maximum absolute atomic E-state index is 4.85. The number of aryl methyl sites for hydroxylation is 1.